The van der Waals surface area contributed by atoms with Crippen molar-refractivity contribution in [2.45, 2.75) is 214 Å². The predicted octanol–water partition coefficient (Wildman–Crippen LogP) is 7.61. The molecule has 0 bridgehead atoms. The Hall–Kier alpha value is -9.41. The molecule has 7 N–H and O–H groups in total. The Morgan fingerprint density at radius 2 is 1.33 bits per heavy atom. The average molecular weight is 1580 g/mol. The number of Topliss-reactive ketones (excluding diaryl/α,β-unsaturated/α-hetero) is 3. The molecule has 2 aromatic rings. The molecular formula is C86H115N6O22-3. The van der Waals surface area contributed by atoms with Crippen molar-refractivity contribution in [2.75, 3.05) is 65.8 Å². The number of ketones is 3. The fourth-order valence-electron chi connectivity index (χ4n) is 17.7. The summed E-state index contributed by atoms with van der Waals surface area (Å²) >= 11 is 0. The summed E-state index contributed by atoms with van der Waals surface area (Å²) in [5.74, 6) is -5.63. The lowest BCUT2D eigenvalue weighted by Gasteiger charge is -2.57. The summed E-state index contributed by atoms with van der Waals surface area (Å²) < 4.78 is 28.2. The maximum absolute atomic E-state index is 14.2. The van der Waals surface area contributed by atoms with Gasteiger partial charge in [-0.15, -0.1) is 5.75 Å². The van der Waals surface area contributed by atoms with E-state index in [4.69, 9.17) is 23.4 Å². The van der Waals surface area contributed by atoms with Crippen molar-refractivity contribution >= 4 is 81.9 Å². The van der Waals surface area contributed by atoms with Crippen LogP contribution in [-0.2, 0) is 62.1 Å². The van der Waals surface area contributed by atoms with Gasteiger partial charge in [-0.25, -0.2) is 9.59 Å². The zero-order valence-corrected chi connectivity index (χ0v) is 66.8. The van der Waals surface area contributed by atoms with Crippen molar-refractivity contribution in [3.05, 3.63) is 87.6 Å². The first-order valence-electron chi connectivity index (χ1n) is 40.8. The van der Waals surface area contributed by atoms with Gasteiger partial charge < -0.3 is 85.3 Å². The van der Waals surface area contributed by atoms with E-state index in [0.29, 0.717) is 71.3 Å². The second-order valence-corrected chi connectivity index (χ2v) is 32.1. The summed E-state index contributed by atoms with van der Waals surface area (Å²) in [7, 11) is 0. The molecule has 0 saturated heterocycles. The molecule has 114 heavy (non-hydrogen) atoms. The average Bonchev–Trinajstić information content (AvgIpc) is 1.51. The Labute approximate surface area is 666 Å². The number of benzene rings is 3. The number of amides is 6. The van der Waals surface area contributed by atoms with Crippen LogP contribution in [0, 0.1) is 58.7 Å². The van der Waals surface area contributed by atoms with Crippen molar-refractivity contribution in [2.24, 2.45) is 58.7 Å². The lowest BCUT2D eigenvalue weighted by Crippen LogP contribution is -2.51. The van der Waals surface area contributed by atoms with Gasteiger partial charge in [-0.05, 0) is 179 Å². The normalized spacial score (nSPS) is 20.7. The number of carbonyl (C=O) groups excluding carboxylic acids is 11. The van der Waals surface area contributed by atoms with Crippen LogP contribution in [0.15, 0.2) is 75.5 Å². The van der Waals surface area contributed by atoms with Crippen LogP contribution in [-0.4, -0.2) is 160 Å². The second-order valence-electron chi connectivity index (χ2n) is 32.1. The van der Waals surface area contributed by atoms with E-state index in [2.05, 4.69) is 72.6 Å². The van der Waals surface area contributed by atoms with Gasteiger partial charge in [-0.2, -0.15) is 0 Å². The first-order valence-corrected chi connectivity index (χ1v) is 40.8. The number of fused-ring (bicyclic) bond motifs is 7. The maximum Gasteiger partial charge on any atom is 0.407 e. The van der Waals surface area contributed by atoms with Crippen LogP contribution in [0.2, 0.25) is 0 Å². The van der Waals surface area contributed by atoms with Crippen LogP contribution >= 0.6 is 0 Å². The van der Waals surface area contributed by atoms with Gasteiger partial charge in [0.1, 0.15) is 29.3 Å². The molecule has 1 heterocycles. The highest BCUT2D eigenvalue weighted by Crippen LogP contribution is 2.67. The Kier molecular flexibility index (Phi) is 35.2. The van der Waals surface area contributed by atoms with Crippen molar-refractivity contribution in [1.29, 1.82) is 0 Å². The monoisotopic (exact) mass is 1580 g/mol. The van der Waals surface area contributed by atoms with Gasteiger partial charge in [-0.3, -0.25) is 43.2 Å². The van der Waals surface area contributed by atoms with E-state index < -0.39 is 122 Å². The lowest BCUT2D eigenvalue weighted by molar-refractivity contribution is -0.307. The van der Waals surface area contributed by atoms with Crippen molar-refractivity contribution in [3.63, 3.8) is 0 Å². The summed E-state index contributed by atoms with van der Waals surface area (Å²) in [6.45, 7) is 14.3. The molecule has 12 atom stereocenters. The highest BCUT2D eigenvalue weighted by atomic mass is 16.6. The van der Waals surface area contributed by atoms with Crippen LogP contribution in [0.3, 0.4) is 0 Å². The van der Waals surface area contributed by atoms with E-state index in [0.717, 1.165) is 42.9 Å². The number of hydrogen-bond donors (Lipinski definition) is 7. The molecule has 624 valence electrons. The molecule has 3 fully saturated rings. The number of aliphatic carboxylic acids is 2. The highest BCUT2D eigenvalue weighted by Gasteiger charge is 2.59. The lowest BCUT2D eigenvalue weighted by atomic mass is 9.48. The molecule has 5 aliphatic carbocycles. The summed E-state index contributed by atoms with van der Waals surface area (Å²) in [5.41, 5.74) is 2.28. The number of unbranched alkanes of at least 4 members (excludes halogenated alkanes) is 2. The zero-order chi connectivity index (χ0) is 82.6. The molecule has 6 aliphatic rings. The minimum Gasteiger partial charge on any atom is -0.872 e. The minimum atomic E-state index is -1.58. The fourth-order valence-corrected chi connectivity index (χ4v) is 17.7. The number of rotatable bonds is 49. The topological polar surface area (TPSA) is 434 Å². The molecule has 0 spiro atoms. The zero-order valence-electron chi connectivity index (χ0n) is 66.8. The molecule has 8 rings (SSSR count). The molecule has 28 nitrogen and oxygen atoms in total. The number of nitrogens with one attached hydrogen (secondary N) is 6. The molecule has 0 radical (unpaired) electrons. The number of carbonyl (C=O) groups is 12. The van der Waals surface area contributed by atoms with Gasteiger partial charge >= 0.3 is 12.1 Å². The minimum absolute atomic E-state index is 0.00251. The Balaban J connectivity index is 0.788. The Morgan fingerprint density at radius 3 is 2.06 bits per heavy atom. The highest BCUT2D eigenvalue weighted by molar-refractivity contribution is 6.09. The van der Waals surface area contributed by atoms with E-state index in [9.17, 15) is 82.8 Å². The van der Waals surface area contributed by atoms with Crippen molar-refractivity contribution in [1.82, 2.24) is 31.9 Å². The van der Waals surface area contributed by atoms with E-state index in [1.807, 2.05) is 0 Å². The maximum atomic E-state index is 14.2. The third-order valence-corrected chi connectivity index (χ3v) is 23.7. The van der Waals surface area contributed by atoms with Gasteiger partial charge in [0, 0.05) is 124 Å². The van der Waals surface area contributed by atoms with Crippen LogP contribution in [0.4, 0.5) is 4.79 Å². The quantitative estimate of drug-likeness (QED) is 0.0127. The van der Waals surface area contributed by atoms with Crippen LogP contribution < -0.4 is 52.6 Å². The van der Waals surface area contributed by atoms with Gasteiger partial charge in [-0.1, -0.05) is 90.2 Å². The molecule has 6 amide bonds. The van der Waals surface area contributed by atoms with E-state index in [1.165, 1.54) is 106 Å². The molecule has 7 unspecified atom stereocenters. The number of allylic oxidation sites excluding steroid dienone is 1. The van der Waals surface area contributed by atoms with Gasteiger partial charge in [0.15, 0.2) is 17.0 Å². The number of hydrogen-bond acceptors (Lipinski definition) is 21. The van der Waals surface area contributed by atoms with Gasteiger partial charge in [0.25, 0.3) is 5.91 Å². The predicted molar refractivity (Wildman–Crippen MR) is 416 cm³/mol. The number of aromatic carboxylic acids is 1. The Morgan fingerprint density at radius 1 is 0.632 bits per heavy atom. The fraction of sp³-hybridized carbons (Fsp3) is 0.616. The molecular weight excluding hydrogens is 1470 g/mol. The largest absolute Gasteiger partial charge is 0.872 e. The summed E-state index contributed by atoms with van der Waals surface area (Å²) in [4.78, 5) is 168. The van der Waals surface area contributed by atoms with Crippen LogP contribution in [0.5, 0.6) is 5.75 Å². The van der Waals surface area contributed by atoms with Crippen LogP contribution in [0.25, 0.3) is 33.4 Å². The molecule has 2 aromatic carbocycles. The summed E-state index contributed by atoms with van der Waals surface area (Å²) in [6.07, 6.45) is 10.3. The standard InChI is InChI=1S/C86H118N6O22/c1-51(2)12-10-13-52(3)68-27-28-69-62-22-16-55-45-60(21-26-61(55)66(62)44-53(4)86(68,69)6)113-85(109)89-37-32-77(99)87-36-33-78(100)91-70(29-31-80(103)104)73(97)47-57(18-30-79(101)102)83(106)92-71(72(96)14-11-38-110-40-42-112-43-41-111-39-34-54(5)93)50-90-76(98)15-8-7-9-35-88-82(105)56-17-23-63(67(46-56)84(107)108)81-64-24-19-58(94)48-74(64)114-75-49-59(95)20-25-65(75)81/h16-17,19-20,23-25,46,48-49,51-53,57,60-62,66,68-71,94H,7-15,18,21-22,26-45,47,50H2,1-6H3,(H,87,99)(H,88,105)(H,89,109)(H,90,98)(H,91,100)(H,92,106)(H,101,102)(H,103,104)(H,107,108)/p-3/t52?,53?,57-,60+,61?,62+,66?,68?,69?,70+,71+,86?/m1/s1. The van der Waals surface area contributed by atoms with Gasteiger partial charge in [0.05, 0.1) is 44.6 Å². The molecule has 28 heteroatoms. The second kappa shape index (κ2) is 44.5. The summed E-state index contributed by atoms with van der Waals surface area (Å²) in [5, 5.41) is 62.3. The van der Waals surface area contributed by atoms with E-state index in [-0.39, 0.29) is 149 Å². The number of ether oxygens (including phenoxy) is 4. The van der Waals surface area contributed by atoms with Crippen molar-refractivity contribution < 1.29 is 101 Å². The summed E-state index contributed by atoms with van der Waals surface area (Å²) in [6, 6.07) is 9.19. The number of carboxylic acid groups (broad SMARTS) is 3. The Bertz CT molecular complexity index is 4080. The number of alkyl carbamates (subject to hydrolysis) is 1. The first-order chi connectivity index (χ1) is 54.5. The van der Waals surface area contributed by atoms with Crippen molar-refractivity contribution in [3.8, 4) is 28.2 Å². The van der Waals surface area contributed by atoms with Crippen LogP contribution in [0.1, 0.15) is 216 Å². The molecule has 3 saturated carbocycles. The smallest absolute Gasteiger partial charge is 0.407 e. The SMILES string of the molecule is CC(=O)CCOCCOCCOCCCC(=O)[C@H](CNC(=O)CCCCCNC(=O)c1ccc(-c2c3ccc(=O)cc-3oc3cc([O-])ccc23)c(C(=O)O)c1)NC(=O)[C@H](CCC(=O)[O-])CC(=O)[C@H](CCC(=O)[O-])NC(=O)CCNC(=O)CCNC(=O)O[C@H]1CCC2C(=CC[C@H]3C2CC(C)C2(C)C(C(C)CCCC(C)C)CCC32)C1. The van der Waals surface area contributed by atoms with E-state index >= 15 is 0 Å². The first kappa shape index (κ1) is 90.1. The van der Waals surface area contributed by atoms with Gasteiger partial charge in [0.2, 0.25) is 23.6 Å². The molecule has 0 aromatic heterocycles. The van der Waals surface area contributed by atoms with E-state index in [1.54, 1.807) is 0 Å². The third-order valence-electron chi connectivity index (χ3n) is 23.7. The third kappa shape index (κ3) is 26.6. The number of carboxylic acids is 3. The molecule has 1 aliphatic heterocycles.